The lowest BCUT2D eigenvalue weighted by Gasteiger charge is -2.08. The summed E-state index contributed by atoms with van der Waals surface area (Å²) < 4.78 is 0. The van der Waals surface area contributed by atoms with Crippen LogP contribution in [0.2, 0.25) is 0 Å². The summed E-state index contributed by atoms with van der Waals surface area (Å²) in [6, 6.07) is 0. The van der Waals surface area contributed by atoms with E-state index in [0.29, 0.717) is 0 Å². The number of hydrogen-bond acceptors (Lipinski definition) is 3. The smallest absolute Gasteiger partial charge is 0.336 e. The van der Waals surface area contributed by atoms with Crippen LogP contribution in [-0.2, 0) is 9.59 Å². The Labute approximate surface area is 72.6 Å². The van der Waals surface area contributed by atoms with Crippen molar-refractivity contribution >= 4 is 23.7 Å². The van der Waals surface area contributed by atoms with Crippen LogP contribution in [0.4, 0.5) is 0 Å². The van der Waals surface area contributed by atoms with Crippen LogP contribution in [-0.4, -0.2) is 27.4 Å². The second kappa shape index (κ2) is 3.44. The molecule has 12 heavy (non-hydrogen) atoms. The van der Waals surface area contributed by atoms with E-state index in [-0.39, 0.29) is 5.57 Å². The van der Waals surface area contributed by atoms with Crippen molar-refractivity contribution < 1.29 is 19.8 Å². The van der Waals surface area contributed by atoms with E-state index in [2.05, 4.69) is 0 Å². The maximum atomic E-state index is 10.4. The van der Waals surface area contributed by atoms with E-state index in [0.717, 1.165) is 11.8 Å². The summed E-state index contributed by atoms with van der Waals surface area (Å²) in [6.45, 7) is 0. The SMILES string of the molecule is O=C(O)C1=CSC(C(=O)O)C=C1. The topological polar surface area (TPSA) is 74.6 Å². The molecular formula is C7H6O4S. The maximum absolute atomic E-state index is 10.4. The van der Waals surface area contributed by atoms with Crippen LogP contribution in [0.3, 0.4) is 0 Å². The molecule has 1 atom stereocenters. The largest absolute Gasteiger partial charge is 0.480 e. The fourth-order valence-electron chi connectivity index (χ4n) is 0.685. The highest BCUT2D eigenvalue weighted by atomic mass is 32.2. The van der Waals surface area contributed by atoms with Gasteiger partial charge in [-0.2, -0.15) is 0 Å². The van der Waals surface area contributed by atoms with Crippen molar-refractivity contribution in [2.75, 3.05) is 0 Å². The molecule has 2 N–H and O–H groups in total. The van der Waals surface area contributed by atoms with Crippen molar-refractivity contribution in [3.63, 3.8) is 0 Å². The molecule has 1 rings (SSSR count). The Hall–Kier alpha value is -1.23. The Bertz CT molecular complexity index is 279. The molecule has 0 amide bonds. The van der Waals surface area contributed by atoms with Gasteiger partial charge in [0.15, 0.2) is 0 Å². The monoisotopic (exact) mass is 186 g/mol. The average Bonchev–Trinajstić information content (AvgIpc) is 2.04. The molecule has 0 bridgehead atoms. The number of rotatable bonds is 2. The van der Waals surface area contributed by atoms with E-state index in [1.165, 1.54) is 17.6 Å². The van der Waals surface area contributed by atoms with Crippen molar-refractivity contribution in [1.82, 2.24) is 0 Å². The van der Waals surface area contributed by atoms with Gasteiger partial charge in [0.1, 0.15) is 5.25 Å². The molecule has 1 unspecified atom stereocenters. The van der Waals surface area contributed by atoms with Gasteiger partial charge < -0.3 is 10.2 Å². The van der Waals surface area contributed by atoms with E-state index in [1.54, 1.807) is 0 Å². The van der Waals surface area contributed by atoms with Crippen LogP contribution in [0.25, 0.3) is 0 Å². The number of carboxylic acid groups (broad SMARTS) is 2. The quantitative estimate of drug-likeness (QED) is 0.664. The molecule has 5 heteroatoms. The molecule has 0 aromatic rings. The second-order valence-electron chi connectivity index (χ2n) is 2.13. The number of hydrogen-bond donors (Lipinski definition) is 2. The molecule has 0 aromatic carbocycles. The average molecular weight is 186 g/mol. The summed E-state index contributed by atoms with van der Waals surface area (Å²) in [4.78, 5) is 20.7. The summed E-state index contributed by atoms with van der Waals surface area (Å²) in [7, 11) is 0. The standard InChI is InChI=1S/C7H6O4S/c8-6(9)4-1-2-5(7(10)11)12-3-4/h1-3,5H,(H,8,9)(H,10,11). The van der Waals surface area contributed by atoms with Gasteiger partial charge in [-0.3, -0.25) is 4.79 Å². The van der Waals surface area contributed by atoms with E-state index in [1.807, 2.05) is 0 Å². The molecule has 1 aliphatic rings. The Morgan fingerprint density at radius 2 is 2.08 bits per heavy atom. The molecule has 0 aromatic heterocycles. The summed E-state index contributed by atoms with van der Waals surface area (Å²) in [5.41, 5.74) is 0.123. The molecule has 0 fully saturated rings. The molecule has 64 valence electrons. The predicted octanol–water partition coefficient (Wildman–Crippen LogP) is 0.711. The Morgan fingerprint density at radius 3 is 2.42 bits per heavy atom. The molecule has 1 heterocycles. The lowest BCUT2D eigenvalue weighted by atomic mass is 10.2. The van der Waals surface area contributed by atoms with Gasteiger partial charge in [0.25, 0.3) is 0 Å². The first-order valence-corrected chi connectivity index (χ1v) is 4.05. The first-order valence-electron chi connectivity index (χ1n) is 3.11. The van der Waals surface area contributed by atoms with E-state index >= 15 is 0 Å². The molecular weight excluding hydrogens is 180 g/mol. The molecule has 0 radical (unpaired) electrons. The molecule has 0 aliphatic carbocycles. The van der Waals surface area contributed by atoms with E-state index in [4.69, 9.17) is 10.2 Å². The van der Waals surface area contributed by atoms with Gasteiger partial charge in [-0.05, 0) is 11.5 Å². The van der Waals surface area contributed by atoms with Gasteiger partial charge in [-0.1, -0.05) is 6.08 Å². The van der Waals surface area contributed by atoms with Gasteiger partial charge in [-0.25, -0.2) is 4.79 Å². The zero-order valence-electron chi connectivity index (χ0n) is 5.93. The number of carbonyl (C=O) groups is 2. The zero-order valence-corrected chi connectivity index (χ0v) is 6.75. The van der Waals surface area contributed by atoms with Gasteiger partial charge in [0, 0.05) is 0 Å². The molecule has 1 aliphatic heterocycles. The summed E-state index contributed by atoms with van der Waals surface area (Å²) in [6.07, 6.45) is 2.66. The van der Waals surface area contributed by atoms with Gasteiger partial charge in [0.05, 0.1) is 5.57 Å². The van der Waals surface area contributed by atoms with Crippen LogP contribution < -0.4 is 0 Å². The Morgan fingerprint density at radius 1 is 1.42 bits per heavy atom. The van der Waals surface area contributed by atoms with Crippen LogP contribution in [0.5, 0.6) is 0 Å². The summed E-state index contributed by atoms with van der Waals surface area (Å²) in [5, 5.41) is 17.7. The Balaban J connectivity index is 2.68. The normalized spacial score (nSPS) is 21.7. The fraction of sp³-hybridized carbons (Fsp3) is 0.143. The second-order valence-corrected chi connectivity index (χ2v) is 3.15. The lowest BCUT2D eigenvalue weighted by molar-refractivity contribution is -0.135. The van der Waals surface area contributed by atoms with Crippen LogP contribution in [0.15, 0.2) is 23.1 Å². The third-order valence-electron chi connectivity index (χ3n) is 1.28. The van der Waals surface area contributed by atoms with Crippen LogP contribution in [0.1, 0.15) is 0 Å². The van der Waals surface area contributed by atoms with E-state index < -0.39 is 17.2 Å². The highest BCUT2D eigenvalue weighted by Gasteiger charge is 2.18. The van der Waals surface area contributed by atoms with Gasteiger partial charge >= 0.3 is 11.9 Å². The first kappa shape index (κ1) is 8.86. The molecule has 4 nitrogen and oxygen atoms in total. The first-order chi connectivity index (χ1) is 5.61. The van der Waals surface area contributed by atoms with Crippen molar-refractivity contribution in [3.8, 4) is 0 Å². The van der Waals surface area contributed by atoms with Crippen molar-refractivity contribution in [3.05, 3.63) is 23.1 Å². The predicted molar refractivity (Wildman–Crippen MR) is 43.9 cm³/mol. The minimum absolute atomic E-state index is 0.123. The van der Waals surface area contributed by atoms with Crippen molar-refractivity contribution in [2.24, 2.45) is 0 Å². The van der Waals surface area contributed by atoms with Gasteiger partial charge in [-0.15, -0.1) is 11.8 Å². The van der Waals surface area contributed by atoms with Crippen LogP contribution >= 0.6 is 11.8 Å². The van der Waals surface area contributed by atoms with Crippen molar-refractivity contribution in [2.45, 2.75) is 5.25 Å². The number of carboxylic acids is 2. The minimum atomic E-state index is -1.04. The third-order valence-corrected chi connectivity index (χ3v) is 2.32. The fourth-order valence-corrected chi connectivity index (χ4v) is 1.44. The highest BCUT2D eigenvalue weighted by Crippen LogP contribution is 2.22. The molecule has 0 spiro atoms. The Kier molecular flexibility index (Phi) is 2.54. The number of aliphatic carboxylic acids is 2. The summed E-state index contributed by atoms with van der Waals surface area (Å²) >= 11 is 0.979. The molecule has 0 saturated carbocycles. The highest BCUT2D eigenvalue weighted by molar-refractivity contribution is 8.03. The van der Waals surface area contributed by atoms with Crippen molar-refractivity contribution in [1.29, 1.82) is 0 Å². The van der Waals surface area contributed by atoms with E-state index in [9.17, 15) is 9.59 Å². The zero-order chi connectivity index (χ0) is 9.14. The number of thioether (sulfide) groups is 1. The lowest BCUT2D eigenvalue weighted by Crippen LogP contribution is -2.15. The molecule has 0 saturated heterocycles. The maximum Gasteiger partial charge on any atom is 0.336 e. The third kappa shape index (κ3) is 1.88. The minimum Gasteiger partial charge on any atom is -0.480 e. The summed E-state index contributed by atoms with van der Waals surface area (Å²) in [5.74, 6) is -2.00. The van der Waals surface area contributed by atoms with Gasteiger partial charge in [0.2, 0.25) is 0 Å². The van der Waals surface area contributed by atoms with Crippen LogP contribution in [0, 0.1) is 0 Å².